The lowest BCUT2D eigenvalue weighted by atomic mass is 9.93. The first-order valence-corrected chi connectivity index (χ1v) is 10.4. The first-order valence-electron chi connectivity index (χ1n) is 10.4. The van der Waals surface area contributed by atoms with Crippen LogP contribution in [-0.4, -0.2) is 24.1 Å². The molecule has 0 bridgehead atoms. The molecule has 1 saturated heterocycles. The molecule has 0 unspecified atom stereocenters. The Morgan fingerprint density at radius 1 is 0.821 bits per heavy atom. The van der Waals surface area contributed by atoms with Gasteiger partial charge in [0, 0.05) is 13.1 Å². The molecule has 1 aliphatic heterocycles. The Morgan fingerprint density at radius 2 is 1.46 bits per heavy atom. The van der Waals surface area contributed by atoms with Crippen molar-refractivity contribution in [1.29, 1.82) is 0 Å². The van der Waals surface area contributed by atoms with Crippen LogP contribution in [0, 0.1) is 6.92 Å². The van der Waals surface area contributed by atoms with Crippen LogP contribution in [0.25, 0.3) is 0 Å². The number of ether oxygens (including phenoxy) is 1. The van der Waals surface area contributed by atoms with Crippen LogP contribution in [0.2, 0.25) is 0 Å². The highest BCUT2D eigenvalue weighted by atomic mass is 16.5. The second kappa shape index (κ2) is 7.44. The molecule has 28 heavy (non-hydrogen) atoms. The number of aryl methyl sites for hydroxylation is 2. The number of nitrogens with zero attached hydrogens (tertiary/aromatic N) is 1. The van der Waals surface area contributed by atoms with E-state index in [2.05, 4.69) is 84.6 Å². The second-order valence-electron chi connectivity index (χ2n) is 8.12. The summed E-state index contributed by atoms with van der Waals surface area (Å²) in [6.07, 6.45) is 3.91. The molecule has 0 N–H and O–H groups in total. The lowest BCUT2D eigenvalue weighted by Gasteiger charge is -2.44. The molecule has 2 heteroatoms. The lowest BCUT2D eigenvalue weighted by Crippen LogP contribution is -2.55. The summed E-state index contributed by atoms with van der Waals surface area (Å²) in [6, 6.07) is 26.5. The number of rotatable bonds is 5. The van der Waals surface area contributed by atoms with E-state index < -0.39 is 0 Å². The Bertz CT molecular complexity index is 905. The fourth-order valence-electron chi connectivity index (χ4n) is 4.72. The van der Waals surface area contributed by atoms with E-state index in [4.69, 9.17) is 4.74 Å². The predicted octanol–water partition coefficient (Wildman–Crippen LogP) is 5.34. The van der Waals surface area contributed by atoms with Gasteiger partial charge in [-0.05, 0) is 54.0 Å². The maximum Gasteiger partial charge on any atom is 0.126 e. The van der Waals surface area contributed by atoms with Crippen LogP contribution < -0.4 is 4.74 Å². The summed E-state index contributed by atoms with van der Waals surface area (Å²) in [5, 5.41) is 0. The van der Waals surface area contributed by atoms with Gasteiger partial charge in [0.1, 0.15) is 11.9 Å². The summed E-state index contributed by atoms with van der Waals surface area (Å²) in [5.74, 6) is 1.16. The molecule has 3 aromatic carbocycles. The Balaban J connectivity index is 1.35. The summed E-state index contributed by atoms with van der Waals surface area (Å²) in [5.41, 5.74) is 6.93. The summed E-state index contributed by atoms with van der Waals surface area (Å²) in [4.78, 5) is 2.54. The van der Waals surface area contributed by atoms with Gasteiger partial charge in [-0.1, -0.05) is 72.8 Å². The van der Waals surface area contributed by atoms with Crippen LogP contribution in [0.5, 0.6) is 5.75 Å². The van der Waals surface area contributed by atoms with Crippen LogP contribution in [-0.2, 0) is 12.8 Å². The minimum Gasteiger partial charge on any atom is -0.487 e. The molecule has 0 radical (unpaired) electrons. The van der Waals surface area contributed by atoms with E-state index in [1.807, 2.05) is 0 Å². The number of benzene rings is 3. The first-order chi connectivity index (χ1) is 13.8. The highest BCUT2D eigenvalue weighted by Crippen LogP contribution is 2.37. The normalized spacial score (nSPS) is 16.8. The van der Waals surface area contributed by atoms with Crippen molar-refractivity contribution in [2.75, 3.05) is 13.1 Å². The monoisotopic (exact) mass is 369 g/mol. The van der Waals surface area contributed by atoms with Gasteiger partial charge >= 0.3 is 0 Å². The standard InChI is InChI=1S/C26H27NO/c1-19-15-16-20-13-8-14-24(20)26(19)28-23-17-27(18-23)25(21-9-4-2-5-10-21)22-11-6-3-7-12-22/h2-7,9-12,15-16,23,25H,8,13-14,17-18H2,1H3. The lowest BCUT2D eigenvalue weighted by molar-refractivity contribution is -0.000524. The van der Waals surface area contributed by atoms with Crippen LogP contribution in [0.3, 0.4) is 0 Å². The molecule has 0 spiro atoms. The number of hydrogen-bond acceptors (Lipinski definition) is 2. The minimum atomic E-state index is 0.278. The summed E-state index contributed by atoms with van der Waals surface area (Å²) in [7, 11) is 0. The molecule has 1 heterocycles. The molecule has 5 rings (SSSR count). The third-order valence-corrected chi connectivity index (χ3v) is 6.18. The second-order valence-corrected chi connectivity index (χ2v) is 8.12. The molecule has 2 aliphatic rings. The number of fused-ring (bicyclic) bond motifs is 1. The molecule has 2 nitrogen and oxygen atoms in total. The van der Waals surface area contributed by atoms with Crippen molar-refractivity contribution in [2.45, 2.75) is 38.3 Å². The fourth-order valence-corrected chi connectivity index (χ4v) is 4.72. The molecule has 142 valence electrons. The van der Waals surface area contributed by atoms with Crippen LogP contribution in [0.1, 0.15) is 40.3 Å². The van der Waals surface area contributed by atoms with Crippen LogP contribution in [0.4, 0.5) is 0 Å². The van der Waals surface area contributed by atoms with Gasteiger partial charge in [-0.25, -0.2) is 0 Å². The zero-order valence-corrected chi connectivity index (χ0v) is 16.5. The quantitative estimate of drug-likeness (QED) is 0.602. The van der Waals surface area contributed by atoms with E-state index in [1.165, 1.54) is 47.1 Å². The Morgan fingerprint density at radius 3 is 2.11 bits per heavy atom. The van der Waals surface area contributed by atoms with E-state index >= 15 is 0 Å². The van der Waals surface area contributed by atoms with Gasteiger partial charge in [0.15, 0.2) is 0 Å². The average Bonchev–Trinajstić information content (AvgIpc) is 3.18. The molecular weight excluding hydrogens is 342 g/mol. The molecule has 1 aliphatic carbocycles. The Labute approximate surface area is 167 Å². The van der Waals surface area contributed by atoms with Gasteiger partial charge in [0.25, 0.3) is 0 Å². The topological polar surface area (TPSA) is 12.5 Å². The van der Waals surface area contributed by atoms with Crippen molar-refractivity contribution in [3.63, 3.8) is 0 Å². The highest BCUT2D eigenvalue weighted by Gasteiger charge is 2.36. The van der Waals surface area contributed by atoms with Gasteiger partial charge in [-0.2, -0.15) is 0 Å². The van der Waals surface area contributed by atoms with Gasteiger partial charge in [-0.3, -0.25) is 4.90 Å². The van der Waals surface area contributed by atoms with E-state index in [9.17, 15) is 0 Å². The average molecular weight is 370 g/mol. The molecule has 3 aromatic rings. The minimum absolute atomic E-state index is 0.278. The van der Waals surface area contributed by atoms with Crippen LogP contribution >= 0.6 is 0 Å². The maximum atomic E-state index is 6.53. The molecule has 1 fully saturated rings. The van der Waals surface area contributed by atoms with E-state index in [1.54, 1.807) is 0 Å². The number of hydrogen-bond donors (Lipinski definition) is 0. The molecule has 0 atom stereocenters. The van der Waals surface area contributed by atoms with Crippen molar-refractivity contribution in [2.24, 2.45) is 0 Å². The summed E-state index contributed by atoms with van der Waals surface area (Å²) in [6.45, 7) is 4.12. The van der Waals surface area contributed by atoms with Crippen LogP contribution in [0.15, 0.2) is 72.8 Å². The van der Waals surface area contributed by atoms with Gasteiger partial charge in [-0.15, -0.1) is 0 Å². The number of likely N-dealkylation sites (tertiary alicyclic amines) is 1. The zero-order valence-electron chi connectivity index (χ0n) is 16.5. The van der Waals surface area contributed by atoms with E-state index in [0.717, 1.165) is 18.8 Å². The van der Waals surface area contributed by atoms with Crippen molar-refractivity contribution in [1.82, 2.24) is 4.90 Å². The van der Waals surface area contributed by atoms with Crippen molar-refractivity contribution < 1.29 is 4.74 Å². The van der Waals surface area contributed by atoms with Crippen molar-refractivity contribution in [3.8, 4) is 5.75 Å². The Kier molecular flexibility index (Phi) is 4.66. The summed E-state index contributed by atoms with van der Waals surface area (Å²) < 4.78 is 6.53. The van der Waals surface area contributed by atoms with Gasteiger partial charge in [0.05, 0.1) is 6.04 Å². The Hall–Kier alpha value is -2.58. The van der Waals surface area contributed by atoms with Crippen molar-refractivity contribution in [3.05, 3.63) is 101 Å². The summed E-state index contributed by atoms with van der Waals surface area (Å²) >= 11 is 0. The molecule has 0 saturated carbocycles. The third-order valence-electron chi connectivity index (χ3n) is 6.18. The molecule has 0 aromatic heterocycles. The third kappa shape index (κ3) is 3.22. The smallest absolute Gasteiger partial charge is 0.126 e. The van der Waals surface area contributed by atoms with Gasteiger partial charge < -0.3 is 4.74 Å². The maximum absolute atomic E-state index is 6.53. The van der Waals surface area contributed by atoms with Gasteiger partial charge in [0.2, 0.25) is 0 Å². The molecular formula is C26H27NO. The first kappa shape index (κ1) is 17.5. The van der Waals surface area contributed by atoms with Crippen molar-refractivity contribution >= 4 is 0 Å². The zero-order chi connectivity index (χ0) is 18.9. The highest BCUT2D eigenvalue weighted by molar-refractivity contribution is 5.48. The SMILES string of the molecule is Cc1ccc2c(c1OC1CN(C(c3ccccc3)c3ccccc3)C1)CCC2. The fraction of sp³-hybridized carbons (Fsp3) is 0.308. The predicted molar refractivity (Wildman–Crippen MR) is 114 cm³/mol. The largest absolute Gasteiger partial charge is 0.487 e. The molecule has 0 amide bonds. The van der Waals surface area contributed by atoms with E-state index in [-0.39, 0.29) is 6.10 Å². The van der Waals surface area contributed by atoms with E-state index in [0.29, 0.717) is 6.04 Å².